The van der Waals surface area contributed by atoms with Crippen molar-refractivity contribution < 1.29 is 4.79 Å². The van der Waals surface area contributed by atoms with Gasteiger partial charge in [-0.15, -0.1) is 0 Å². The van der Waals surface area contributed by atoms with Gasteiger partial charge in [0.05, 0.1) is 18.7 Å². The fourth-order valence-electron chi connectivity index (χ4n) is 2.49. The summed E-state index contributed by atoms with van der Waals surface area (Å²) in [5.41, 5.74) is 9.25. The number of hydrogen-bond donors (Lipinski definition) is 1. The highest BCUT2D eigenvalue weighted by Gasteiger charge is 2.20. The maximum absolute atomic E-state index is 12.7. The molecular formula is C17H16BrN3O. The van der Waals surface area contributed by atoms with Crippen LogP contribution in [0.5, 0.6) is 0 Å². The summed E-state index contributed by atoms with van der Waals surface area (Å²) in [5, 5.41) is 0. The number of hydrogen-bond acceptors (Lipinski definition) is 3. The van der Waals surface area contributed by atoms with E-state index in [0.717, 1.165) is 21.3 Å². The van der Waals surface area contributed by atoms with Crippen LogP contribution in [0, 0.1) is 0 Å². The Bertz CT molecular complexity index is 725. The number of carbonyl (C=O) groups is 1. The van der Waals surface area contributed by atoms with Gasteiger partial charge >= 0.3 is 0 Å². The van der Waals surface area contributed by atoms with Crippen LogP contribution in [0.15, 0.2) is 51.9 Å². The number of benzene rings is 2. The van der Waals surface area contributed by atoms with E-state index in [-0.39, 0.29) is 5.91 Å². The number of rotatable bonds is 2. The Morgan fingerprint density at radius 2 is 2.00 bits per heavy atom. The third-order valence-corrected chi connectivity index (χ3v) is 4.12. The van der Waals surface area contributed by atoms with Gasteiger partial charge in [0, 0.05) is 28.5 Å². The van der Waals surface area contributed by atoms with Gasteiger partial charge in [0.2, 0.25) is 5.91 Å². The number of benzodiazepines with no additional fused rings is 1. The minimum Gasteiger partial charge on any atom is -0.399 e. The maximum Gasteiger partial charge on any atom is 0.231 e. The third-order valence-electron chi connectivity index (χ3n) is 3.60. The smallest absolute Gasteiger partial charge is 0.231 e. The van der Waals surface area contributed by atoms with Crippen LogP contribution in [0.25, 0.3) is 0 Å². The van der Waals surface area contributed by atoms with Crippen molar-refractivity contribution >= 4 is 39.4 Å². The normalized spacial score (nSPS) is 13.6. The molecular weight excluding hydrogens is 342 g/mol. The highest BCUT2D eigenvalue weighted by Crippen LogP contribution is 2.24. The molecule has 3 rings (SSSR count). The maximum atomic E-state index is 12.7. The molecule has 1 amide bonds. The van der Waals surface area contributed by atoms with Crippen molar-refractivity contribution in [3.63, 3.8) is 0 Å². The molecule has 22 heavy (non-hydrogen) atoms. The average Bonchev–Trinajstić information content (AvgIpc) is 2.71. The van der Waals surface area contributed by atoms with Gasteiger partial charge in [-0.2, -0.15) is 0 Å². The largest absolute Gasteiger partial charge is 0.399 e. The predicted octanol–water partition coefficient (Wildman–Crippen LogP) is 3.04. The van der Waals surface area contributed by atoms with Gasteiger partial charge in [-0.05, 0) is 35.9 Å². The van der Waals surface area contributed by atoms with E-state index in [1.54, 1.807) is 11.1 Å². The lowest BCUT2D eigenvalue weighted by Crippen LogP contribution is -2.34. The summed E-state index contributed by atoms with van der Waals surface area (Å²) in [7, 11) is 0. The zero-order chi connectivity index (χ0) is 15.5. The molecule has 0 aliphatic carbocycles. The highest BCUT2D eigenvalue weighted by molar-refractivity contribution is 9.10. The molecule has 0 fully saturated rings. The minimum absolute atomic E-state index is 0.0684. The van der Waals surface area contributed by atoms with E-state index in [2.05, 4.69) is 20.9 Å². The first kappa shape index (κ1) is 14.8. The van der Waals surface area contributed by atoms with E-state index in [9.17, 15) is 4.79 Å². The number of nitrogen functional groups attached to an aromatic ring is 1. The first-order valence-electron chi connectivity index (χ1n) is 7.07. The summed E-state index contributed by atoms with van der Waals surface area (Å²) in [6.45, 7) is 1.18. The molecule has 2 N–H and O–H groups in total. The first-order valence-corrected chi connectivity index (χ1v) is 7.87. The lowest BCUT2D eigenvalue weighted by molar-refractivity contribution is -0.117. The number of halogens is 1. The van der Waals surface area contributed by atoms with Crippen molar-refractivity contribution in [2.75, 3.05) is 23.7 Å². The van der Waals surface area contributed by atoms with Gasteiger partial charge in [0.25, 0.3) is 0 Å². The van der Waals surface area contributed by atoms with Gasteiger partial charge in [-0.25, -0.2) is 0 Å². The zero-order valence-corrected chi connectivity index (χ0v) is 13.6. The molecule has 5 heteroatoms. The molecule has 2 aromatic rings. The highest BCUT2D eigenvalue weighted by atomic mass is 79.9. The average molecular weight is 358 g/mol. The fourth-order valence-corrected chi connectivity index (χ4v) is 2.76. The Kier molecular flexibility index (Phi) is 4.24. The molecule has 0 radical (unpaired) electrons. The molecule has 0 saturated carbocycles. The summed E-state index contributed by atoms with van der Waals surface area (Å²) >= 11 is 3.40. The van der Waals surface area contributed by atoms with Gasteiger partial charge in [-0.1, -0.05) is 28.1 Å². The Hall–Kier alpha value is -2.14. The number of aliphatic imine (C=N–C) groups is 1. The van der Waals surface area contributed by atoms with Crippen LogP contribution in [0.4, 0.5) is 11.4 Å². The molecule has 0 unspecified atom stereocenters. The van der Waals surface area contributed by atoms with E-state index in [1.165, 1.54) is 0 Å². The molecule has 0 spiro atoms. The van der Waals surface area contributed by atoms with Gasteiger partial charge < -0.3 is 10.6 Å². The van der Waals surface area contributed by atoms with Crippen LogP contribution in [0.1, 0.15) is 11.1 Å². The summed E-state index contributed by atoms with van der Waals surface area (Å²) in [5.74, 6) is 0.0684. The van der Waals surface area contributed by atoms with Crippen molar-refractivity contribution in [2.24, 2.45) is 4.99 Å². The fraction of sp³-hybridized carbons (Fsp3) is 0.176. The Labute approximate surface area is 137 Å². The molecule has 0 saturated heterocycles. The minimum atomic E-state index is 0.0684. The van der Waals surface area contributed by atoms with Crippen LogP contribution in [0.2, 0.25) is 0 Å². The van der Waals surface area contributed by atoms with Crippen molar-refractivity contribution in [1.29, 1.82) is 0 Å². The molecule has 0 atom stereocenters. The van der Waals surface area contributed by atoms with Crippen LogP contribution in [-0.4, -0.2) is 25.2 Å². The van der Waals surface area contributed by atoms with E-state index >= 15 is 0 Å². The number of carbonyl (C=O) groups excluding carboxylic acids is 1. The molecule has 1 aliphatic heterocycles. The van der Waals surface area contributed by atoms with Crippen LogP contribution in [-0.2, 0) is 11.2 Å². The number of amides is 1. The van der Waals surface area contributed by atoms with Crippen LogP contribution >= 0.6 is 15.9 Å². The van der Waals surface area contributed by atoms with E-state index < -0.39 is 0 Å². The number of anilines is 2. The first-order chi connectivity index (χ1) is 10.6. The third kappa shape index (κ3) is 3.20. The van der Waals surface area contributed by atoms with Gasteiger partial charge in [-0.3, -0.25) is 9.79 Å². The lowest BCUT2D eigenvalue weighted by Gasteiger charge is -2.22. The molecule has 4 nitrogen and oxygen atoms in total. The zero-order valence-electron chi connectivity index (χ0n) is 12.0. The quantitative estimate of drug-likeness (QED) is 0.839. The Morgan fingerprint density at radius 3 is 2.77 bits per heavy atom. The van der Waals surface area contributed by atoms with E-state index in [4.69, 9.17) is 5.73 Å². The molecule has 2 aromatic carbocycles. The second kappa shape index (κ2) is 6.32. The van der Waals surface area contributed by atoms with Crippen LogP contribution < -0.4 is 10.6 Å². The van der Waals surface area contributed by atoms with E-state index in [0.29, 0.717) is 25.2 Å². The Balaban J connectivity index is 1.85. The monoisotopic (exact) mass is 357 g/mol. The SMILES string of the molecule is Nc1ccc2c(c1)C=NCCN2C(=O)Cc1ccc(Br)cc1. The van der Waals surface area contributed by atoms with Gasteiger partial charge in [0.1, 0.15) is 0 Å². The summed E-state index contributed by atoms with van der Waals surface area (Å²) < 4.78 is 1.01. The van der Waals surface area contributed by atoms with Crippen molar-refractivity contribution in [2.45, 2.75) is 6.42 Å². The predicted molar refractivity (Wildman–Crippen MR) is 93.5 cm³/mol. The van der Waals surface area contributed by atoms with Crippen molar-refractivity contribution in [1.82, 2.24) is 0 Å². The topological polar surface area (TPSA) is 58.7 Å². The summed E-state index contributed by atoms with van der Waals surface area (Å²) in [4.78, 5) is 18.8. The summed E-state index contributed by atoms with van der Waals surface area (Å²) in [6.07, 6.45) is 2.16. The lowest BCUT2D eigenvalue weighted by atomic mass is 10.1. The van der Waals surface area contributed by atoms with Crippen molar-refractivity contribution in [3.8, 4) is 0 Å². The molecule has 0 aromatic heterocycles. The second-order valence-corrected chi connectivity index (χ2v) is 6.12. The standard InChI is InChI=1S/C17H16BrN3O/c18-14-3-1-12(2-4-14)9-17(22)21-8-7-20-11-13-10-15(19)5-6-16(13)21/h1-6,10-11H,7-9,19H2. The molecule has 112 valence electrons. The second-order valence-electron chi connectivity index (χ2n) is 5.20. The molecule has 1 aliphatic rings. The molecule has 0 bridgehead atoms. The van der Waals surface area contributed by atoms with Crippen molar-refractivity contribution in [3.05, 3.63) is 58.1 Å². The number of nitrogens with two attached hydrogens (primary N) is 1. The molecule has 1 heterocycles. The summed E-state index contributed by atoms with van der Waals surface area (Å²) in [6, 6.07) is 13.4. The van der Waals surface area contributed by atoms with E-state index in [1.807, 2.05) is 42.5 Å². The number of fused-ring (bicyclic) bond motifs is 1. The van der Waals surface area contributed by atoms with Gasteiger partial charge in [0.15, 0.2) is 0 Å². The van der Waals surface area contributed by atoms with Crippen LogP contribution in [0.3, 0.4) is 0 Å². The number of nitrogens with zero attached hydrogens (tertiary/aromatic N) is 2. The Morgan fingerprint density at radius 1 is 1.23 bits per heavy atom.